The van der Waals surface area contributed by atoms with Crippen molar-refractivity contribution in [1.82, 2.24) is 5.43 Å². The molecule has 134 valence electrons. The van der Waals surface area contributed by atoms with Crippen LogP contribution in [0.1, 0.15) is 27.4 Å². The van der Waals surface area contributed by atoms with Crippen molar-refractivity contribution in [1.29, 1.82) is 0 Å². The highest BCUT2D eigenvalue weighted by Gasteiger charge is 2.30. The molecule has 0 spiro atoms. The number of hydrogen-bond acceptors (Lipinski definition) is 4. The van der Waals surface area contributed by atoms with E-state index in [9.17, 15) is 18.0 Å². The zero-order chi connectivity index (χ0) is 18.7. The van der Waals surface area contributed by atoms with Gasteiger partial charge in [0.1, 0.15) is 17.3 Å². The van der Waals surface area contributed by atoms with Gasteiger partial charge < -0.3 is 8.83 Å². The van der Waals surface area contributed by atoms with Crippen molar-refractivity contribution in [2.24, 2.45) is 5.10 Å². The molecule has 0 saturated carbocycles. The zero-order valence-electron chi connectivity index (χ0n) is 13.5. The van der Waals surface area contributed by atoms with Gasteiger partial charge in [-0.25, -0.2) is 5.43 Å². The summed E-state index contributed by atoms with van der Waals surface area (Å²) in [6.45, 7) is 1.65. The Morgan fingerprint density at radius 1 is 1.19 bits per heavy atom. The number of nitrogens with one attached hydrogen (secondary N) is 1. The molecule has 0 fully saturated rings. The first-order valence-corrected chi connectivity index (χ1v) is 7.49. The molecule has 0 aliphatic heterocycles. The summed E-state index contributed by atoms with van der Waals surface area (Å²) in [4.78, 5) is 11.9. The van der Waals surface area contributed by atoms with Gasteiger partial charge in [0, 0.05) is 5.56 Å². The Morgan fingerprint density at radius 3 is 2.69 bits per heavy atom. The van der Waals surface area contributed by atoms with E-state index in [1.165, 1.54) is 42.8 Å². The predicted molar refractivity (Wildman–Crippen MR) is 87.7 cm³/mol. The molecule has 26 heavy (non-hydrogen) atoms. The lowest BCUT2D eigenvalue weighted by Crippen LogP contribution is -2.17. The molecule has 3 aromatic rings. The molecule has 0 aliphatic carbocycles. The molecule has 0 unspecified atom stereocenters. The highest BCUT2D eigenvalue weighted by Crippen LogP contribution is 2.32. The number of rotatable bonds is 4. The van der Waals surface area contributed by atoms with E-state index in [-0.39, 0.29) is 17.1 Å². The number of halogens is 3. The summed E-state index contributed by atoms with van der Waals surface area (Å²) >= 11 is 0. The van der Waals surface area contributed by atoms with E-state index in [1.54, 1.807) is 6.92 Å². The third kappa shape index (κ3) is 3.85. The van der Waals surface area contributed by atoms with Gasteiger partial charge >= 0.3 is 6.18 Å². The lowest BCUT2D eigenvalue weighted by molar-refractivity contribution is -0.137. The number of aryl methyl sites for hydroxylation is 1. The molecule has 0 bridgehead atoms. The maximum Gasteiger partial charge on any atom is 0.416 e. The van der Waals surface area contributed by atoms with Crippen LogP contribution in [0, 0.1) is 6.92 Å². The molecule has 0 atom stereocenters. The largest absolute Gasteiger partial charge is 0.469 e. The summed E-state index contributed by atoms with van der Waals surface area (Å²) in [5.41, 5.74) is 2.20. The maximum atomic E-state index is 12.8. The molecular formula is C18H13F3N2O3. The number of carbonyl (C=O) groups is 1. The molecule has 2 aromatic heterocycles. The van der Waals surface area contributed by atoms with Crippen molar-refractivity contribution < 1.29 is 26.8 Å². The number of furan rings is 2. The van der Waals surface area contributed by atoms with E-state index in [1.807, 2.05) is 0 Å². The summed E-state index contributed by atoms with van der Waals surface area (Å²) < 4.78 is 48.8. The molecule has 3 rings (SSSR count). The Hall–Kier alpha value is -3.29. The fourth-order valence-corrected chi connectivity index (χ4v) is 2.26. The third-order valence-electron chi connectivity index (χ3n) is 3.56. The van der Waals surface area contributed by atoms with Gasteiger partial charge in [-0.1, -0.05) is 12.1 Å². The molecule has 0 aliphatic rings. The second kappa shape index (κ2) is 6.91. The molecule has 8 heteroatoms. The lowest BCUT2D eigenvalue weighted by atomic mass is 10.1. The van der Waals surface area contributed by atoms with Crippen LogP contribution in [0.3, 0.4) is 0 Å². The second-order valence-corrected chi connectivity index (χ2v) is 5.37. The number of hydrazone groups is 1. The standard InChI is InChI=1S/C18H13F3N2O3/c1-11-15(7-8-25-11)17(24)23-22-10-14-5-6-16(26-14)12-3-2-4-13(9-12)18(19,20)21/h2-10H,1H3,(H,23,24). The first-order valence-electron chi connectivity index (χ1n) is 7.49. The second-order valence-electron chi connectivity index (χ2n) is 5.37. The molecule has 0 saturated heterocycles. The van der Waals surface area contributed by atoms with Gasteiger partial charge in [-0.2, -0.15) is 18.3 Å². The molecule has 1 aromatic carbocycles. The van der Waals surface area contributed by atoms with Crippen LogP contribution in [-0.4, -0.2) is 12.1 Å². The first kappa shape index (κ1) is 17.5. The minimum atomic E-state index is -4.43. The average molecular weight is 362 g/mol. The van der Waals surface area contributed by atoms with Gasteiger partial charge in [0.25, 0.3) is 5.91 Å². The number of hydrogen-bond donors (Lipinski definition) is 1. The van der Waals surface area contributed by atoms with E-state index < -0.39 is 17.6 Å². The van der Waals surface area contributed by atoms with Gasteiger partial charge in [0.05, 0.1) is 23.6 Å². The van der Waals surface area contributed by atoms with Crippen molar-refractivity contribution in [3.63, 3.8) is 0 Å². The molecule has 1 amide bonds. The zero-order valence-corrected chi connectivity index (χ0v) is 13.5. The van der Waals surface area contributed by atoms with Crippen LogP contribution in [0.4, 0.5) is 13.2 Å². The van der Waals surface area contributed by atoms with Crippen molar-refractivity contribution in [2.45, 2.75) is 13.1 Å². The Bertz CT molecular complexity index is 954. The van der Waals surface area contributed by atoms with Crippen molar-refractivity contribution in [3.8, 4) is 11.3 Å². The summed E-state index contributed by atoms with van der Waals surface area (Å²) in [6.07, 6.45) is -1.78. The average Bonchev–Trinajstić information content (AvgIpc) is 3.23. The van der Waals surface area contributed by atoms with Gasteiger partial charge in [-0.3, -0.25) is 4.79 Å². The van der Waals surface area contributed by atoms with Crippen LogP contribution in [0.2, 0.25) is 0 Å². The number of carbonyl (C=O) groups excluding carboxylic acids is 1. The highest BCUT2D eigenvalue weighted by atomic mass is 19.4. The predicted octanol–water partition coefficient (Wildman–Crippen LogP) is 4.63. The van der Waals surface area contributed by atoms with Gasteiger partial charge in [-0.05, 0) is 37.3 Å². The van der Waals surface area contributed by atoms with Crippen LogP contribution in [0.25, 0.3) is 11.3 Å². The fraction of sp³-hybridized carbons (Fsp3) is 0.111. The van der Waals surface area contributed by atoms with Gasteiger partial charge in [-0.15, -0.1) is 0 Å². The summed E-state index contributed by atoms with van der Waals surface area (Å²) in [6, 6.07) is 9.39. The Morgan fingerprint density at radius 2 is 2.00 bits per heavy atom. The monoisotopic (exact) mass is 362 g/mol. The Balaban J connectivity index is 1.70. The van der Waals surface area contributed by atoms with Crippen LogP contribution >= 0.6 is 0 Å². The van der Waals surface area contributed by atoms with E-state index in [2.05, 4.69) is 10.5 Å². The maximum absolute atomic E-state index is 12.8. The van der Waals surface area contributed by atoms with E-state index in [0.29, 0.717) is 11.3 Å². The smallest absolute Gasteiger partial charge is 0.416 e. The van der Waals surface area contributed by atoms with Crippen molar-refractivity contribution in [3.05, 3.63) is 71.4 Å². The highest BCUT2D eigenvalue weighted by molar-refractivity contribution is 5.95. The van der Waals surface area contributed by atoms with E-state index >= 15 is 0 Å². The van der Waals surface area contributed by atoms with Crippen LogP contribution in [0.15, 0.2) is 62.7 Å². The third-order valence-corrected chi connectivity index (χ3v) is 3.56. The first-order chi connectivity index (χ1) is 12.3. The number of alkyl halides is 3. The SMILES string of the molecule is Cc1occc1C(=O)NN=Cc1ccc(-c2cccc(C(F)(F)F)c2)o1. The van der Waals surface area contributed by atoms with Gasteiger partial charge in [0.15, 0.2) is 0 Å². The van der Waals surface area contributed by atoms with Crippen LogP contribution in [-0.2, 0) is 6.18 Å². The summed E-state index contributed by atoms with van der Waals surface area (Å²) in [5.74, 6) is 0.552. The molecule has 2 heterocycles. The molecule has 5 nitrogen and oxygen atoms in total. The number of amides is 1. The fourth-order valence-electron chi connectivity index (χ4n) is 2.26. The van der Waals surface area contributed by atoms with Crippen molar-refractivity contribution in [2.75, 3.05) is 0 Å². The van der Waals surface area contributed by atoms with Crippen LogP contribution in [0.5, 0.6) is 0 Å². The van der Waals surface area contributed by atoms with E-state index in [0.717, 1.165) is 12.1 Å². The normalized spacial score (nSPS) is 11.8. The Kier molecular flexibility index (Phi) is 4.66. The molecule has 1 N–H and O–H groups in total. The topological polar surface area (TPSA) is 67.7 Å². The quantitative estimate of drug-likeness (QED) is 0.543. The molecule has 0 radical (unpaired) electrons. The number of nitrogens with zero attached hydrogens (tertiary/aromatic N) is 1. The molecular weight excluding hydrogens is 349 g/mol. The van der Waals surface area contributed by atoms with Crippen molar-refractivity contribution >= 4 is 12.1 Å². The number of benzene rings is 1. The summed E-state index contributed by atoms with van der Waals surface area (Å²) in [7, 11) is 0. The summed E-state index contributed by atoms with van der Waals surface area (Å²) in [5, 5.41) is 3.76. The van der Waals surface area contributed by atoms with Gasteiger partial charge in [0.2, 0.25) is 0 Å². The Labute approximate surface area is 146 Å². The minimum absolute atomic E-state index is 0.259. The minimum Gasteiger partial charge on any atom is -0.469 e. The van der Waals surface area contributed by atoms with E-state index in [4.69, 9.17) is 8.83 Å². The lowest BCUT2D eigenvalue weighted by Gasteiger charge is -2.07. The van der Waals surface area contributed by atoms with Crippen LogP contribution < -0.4 is 5.43 Å².